The van der Waals surface area contributed by atoms with Crippen LogP contribution in [0.2, 0.25) is 5.02 Å². The van der Waals surface area contributed by atoms with E-state index in [1.807, 2.05) is 54.8 Å². The minimum Gasteiger partial charge on any atom is -0.326 e. The van der Waals surface area contributed by atoms with Gasteiger partial charge in [0.1, 0.15) is 0 Å². The fourth-order valence-corrected chi connectivity index (χ4v) is 3.02. The lowest BCUT2D eigenvalue weighted by atomic mass is 10.1. The quantitative estimate of drug-likeness (QED) is 0.668. The largest absolute Gasteiger partial charge is 0.326 e. The van der Waals surface area contributed by atoms with Crippen molar-refractivity contribution in [3.63, 3.8) is 0 Å². The first kappa shape index (κ1) is 17.4. The van der Waals surface area contributed by atoms with Gasteiger partial charge in [0.2, 0.25) is 11.1 Å². The molecule has 128 valence electrons. The number of anilines is 1. The molecule has 0 aliphatic carbocycles. The van der Waals surface area contributed by atoms with Crippen molar-refractivity contribution >= 4 is 35.0 Å². The van der Waals surface area contributed by atoms with Crippen molar-refractivity contribution < 1.29 is 4.79 Å². The molecule has 0 radical (unpaired) electrons. The van der Waals surface area contributed by atoms with Gasteiger partial charge in [0, 0.05) is 17.1 Å². The number of nitrogens with zero attached hydrogens (tertiary/aromatic N) is 4. The molecular formula is C17H16ClN5OS. The van der Waals surface area contributed by atoms with E-state index in [0.717, 1.165) is 11.3 Å². The van der Waals surface area contributed by atoms with Crippen molar-refractivity contribution in [3.05, 3.63) is 59.1 Å². The smallest absolute Gasteiger partial charge is 0.224 e. The summed E-state index contributed by atoms with van der Waals surface area (Å²) >= 11 is 7.57. The highest BCUT2D eigenvalue weighted by molar-refractivity contribution is 7.98. The number of halogens is 1. The van der Waals surface area contributed by atoms with E-state index < -0.39 is 0 Å². The van der Waals surface area contributed by atoms with Gasteiger partial charge in [0.05, 0.1) is 5.69 Å². The van der Waals surface area contributed by atoms with Crippen LogP contribution in [0.15, 0.2) is 53.7 Å². The number of nitrogens with one attached hydrogen (secondary N) is 1. The van der Waals surface area contributed by atoms with E-state index in [1.165, 1.54) is 11.8 Å². The summed E-state index contributed by atoms with van der Waals surface area (Å²) in [5, 5.41) is 15.8. The summed E-state index contributed by atoms with van der Waals surface area (Å²) in [6.07, 6.45) is 2.85. The summed E-state index contributed by atoms with van der Waals surface area (Å²) in [4.78, 5) is 12.2. The number of hydrogen-bond acceptors (Lipinski definition) is 5. The van der Waals surface area contributed by atoms with Crippen LogP contribution in [-0.4, -0.2) is 32.4 Å². The van der Waals surface area contributed by atoms with Crippen LogP contribution in [0.1, 0.15) is 12.0 Å². The van der Waals surface area contributed by atoms with Gasteiger partial charge < -0.3 is 5.32 Å². The Hall–Kier alpha value is -2.38. The first-order chi connectivity index (χ1) is 12.2. The number of carbonyl (C=O) groups excluding carboxylic acids is 1. The molecule has 3 aromatic rings. The van der Waals surface area contributed by atoms with Gasteiger partial charge in [-0.25, -0.2) is 0 Å². The normalized spacial score (nSPS) is 10.6. The van der Waals surface area contributed by atoms with Crippen LogP contribution in [-0.2, 0) is 11.2 Å². The van der Waals surface area contributed by atoms with Gasteiger partial charge in [0.15, 0.2) is 0 Å². The van der Waals surface area contributed by atoms with E-state index in [2.05, 4.69) is 20.8 Å². The summed E-state index contributed by atoms with van der Waals surface area (Å²) in [6, 6.07) is 15.0. The van der Waals surface area contributed by atoms with Gasteiger partial charge in [-0.1, -0.05) is 47.6 Å². The van der Waals surface area contributed by atoms with Crippen molar-refractivity contribution in [1.82, 2.24) is 20.2 Å². The maximum atomic E-state index is 12.2. The Balaban J connectivity index is 1.66. The third kappa shape index (κ3) is 4.37. The molecule has 3 rings (SSSR count). The van der Waals surface area contributed by atoms with Crippen molar-refractivity contribution in [2.45, 2.75) is 18.0 Å². The van der Waals surface area contributed by atoms with Gasteiger partial charge in [-0.15, -0.1) is 5.10 Å². The SMILES string of the molecule is CSc1nnnn1-c1cccc(NC(=O)CCc2ccccc2Cl)c1. The van der Waals surface area contributed by atoms with E-state index in [0.29, 0.717) is 28.7 Å². The zero-order valence-electron chi connectivity index (χ0n) is 13.5. The second kappa shape index (κ2) is 8.13. The Labute approximate surface area is 154 Å². The van der Waals surface area contributed by atoms with E-state index in [-0.39, 0.29) is 5.91 Å². The predicted octanol–water partition coefficient (Wildman–Crippen LogP) is 3.61. The monoisotopic (exact) mass is 373 g/mol. The van der Waals surface area contributed by atoms with Crippen molar-refractivity contribution in [2.75, 3.05) is 11.6 Å². The fourth-order valence-electron chi connectivity index (χ4n) is 2.36. The number of amides is 1. The Morgan fingerprint density at radius 1 is 1.24 bits per heavy atom. The summed E-state index contributed by atoms with van der Waals surface area (Å²) in [5.41, 5.74) is 2.45. The average molecular weight is 374 g/mol. The molecule has 0 bridgehead atoms. The van der Waals surface area contributed by atoms with Crippen molar-refractivity contribution in [3.8, 4) is 5.69 Å². The molecule has 1 heterocycles. The van der Waals surface area contributed by atoms with Crippen LogP contribution in [0, 0.1) is 0 Å². The third-order valence-corrected chi connectivity index (χ3v) is 4.57. The Morgan fingerprint density at radius 2 is 2.08 bits per heavy atom. The molecule has 0 atom stereocenters. The predicted molar refractivity (Wildman–Crippen MR) is 99.3 cm³/mol. The molecule has 0 fully saturated rings. The Kier molecular flexibility index (Phi) is 5.67. The highest BCUT2D eigenvalue weighted by atomic mass is 35.5. The van der Waals surface area contributed by atoms with Gasteiger partial charge in [-0.2, -0.15) is 4.68 Å². The number of aryl methyl sites for hydroxylation is 1. The lowest BCUT2D eigenvalue weighted by Gasteiger charge is -2.08. The highest BCUT2D eigenvalue weighted by Crippen LogP contribution is 2.20. The summed E-state index contributed by atoms with van der Waals surface area (Å²) in [5.74, 6) is -0.0705. The molecule has 0 spiro atoms. The molecule has 8 heteroatoms. The summed E-state index contributed by atoms with van der Waals surface area (Å²) in [7, 11) is 0. The summed E-state index contributed by atoms with van der Waals surface area (Å²) < 4.78 is 1.63. The zero-order valence-corrected chi connectivity index (χ0v) is 15.1. The second-order valence-corrected chi connectivity index (χ2v) is 6.45. The molecule has 1 N–H and O–H groups in total. The molecule has 0 saturated heterocycles. The molecular weight excluding hydrogens is 358 g/mol. The van der Waals surface area contributed by atoms with Gasteiger partial charge in [0.25, 0.3) is 0 Å². The molecule has 2 aromatic carbocycles. The van der Waals surface area contributed by atoms with E-state index in [4.69, 9.17) is 11.6 Å². The van der Waals surface area contributed by atoms with Gasteiger partial charge in [-0.3, -0.25) is 4.79 Å². The molecule has 0 aliphatic heterocycles. The number of thioether (sulfide) groups is 1. The van der Waals surface area contributed by atoms with E-state index in [9.17, 15) is 4.79 Å². The van der Waals surface area contributed by atoms with Crippen LogP contribution in [0.25, 0.3) is 5.69 Å². The second-order valence-electron chi connectivity index (χ2n) is 5.27. The van der Waals surface area contributed by atoms with E-state index >= 15 is 0 Å². The first-order valence-electron chi connectivity index (χ1n) is 7.63. The lowest BCUT2D eigenvalue weighted by Crippen LogP contribution is -2.12. The van der Waals surface area contributed by atoms with Gasteiger partial charge in [-0.05, 0) is 52.9 Å². The standard InChI is InChI=1S/C17H16ClN5OS/c1-25-17-20-21-22-23(17)14-7-4-6-13(11-14)19-16(24)10-9-12-5-2-3-8-15(12)18/h2-8,11H,9-10H2,1H3,(H,19,24). The number of rotatable bonds is 6. The number of tetrazole rings is 1. The third-order valence-electron chi connectivity index (χ3n) is 3.58. The number of hydrogen-bond donors (Lipinski definition) is 1. The lowest BCUT2D eigenvalue weighted by molar-refractivity contribution is -0.116. The minimum absolute atomic E-state index is 0.0705. The van der Waals surface area contributed by atoms with Crippen LogP contribution in [0.5, 0.6) is 0 Å². The number of carbonyl (C=O) groups is 1. The zero-order chi connectivity index (χ0) is 17.6. The first-order valence-corrected chi connectivity index (χ1v) is 9.23. The molecule has 6 nitrogen and oxygen atoms in total. The van der Waals surface area contributed by atoms with E-state index in [1.54, 1.807) is 4.68 Å². The highest BCUT2D eigenvalue weighted by Gasteiger charge is 2.09. The maximum absolute atomic E-state index is 12.2. The van der Waals surface area contributed by atoms with Gasteiger partial charge >= 0.3 is 0 Å². The maximum Gasteiger partial charge on any atom is 0.224 e. The molecule has 25 heavy (non-hydrogen) atoms. The van der Waals surface area contributed by atoms with Crippen molar-refractivity contribution in [1.29, 1.82) is 0 Å². The molecule has 1 amide bonds. The van der Waals surface area contributed by atoms with Crippen LogP contribution in [0.4, 0.5) is 5.69 Å². The number of benzene rings is 2. The molecule has 0 aliphatic rings. The summed E-state index contributed by atoms with van der Waals surface area (Å²) in [6.45, 7) is 0. The Bertz CT molecular complexity index is 883. The topological polar surface area (TPSA) is 72.7 Å². The molecule has 1 aromatic heterocycles. The fraction of sp³-hybridized carbons (Fsp3) is 0.176. The van der Waals surface area contributed by atoms with Crippen molar-refractivity contribution in [2.24, 2.45) is 0 Å². The Morgan fingerprint density at radius 3 is 2.88 bits per heavy atom. The molecule has 0 unspecified atom stereocenters. The average Bonchev–Trinajstić information content (AvgIpc) is 3.10. The molecule has 0 saturated carbocycles. The minimum atomic E-state index is -0.0705. The van der Waals surface area contributed by atoms with Crippen LogP contribution in [0.3, 0.4) is 0 Å². The van der Waals surface area contributed by atoms with Crippen LogP contribution >= 0.6 is 23.4 Å². The van der Waals surface area contributed by atoms with Crippen LogP contribution < -0.4 is 5.32 Å². The number of aromatic nitrogens is 4.